The molecular formula is C71H85N15O5. The summed E-state index contributed by atoms with van der Waals surface area (Å²) in [6.45, 7) is 22.3. The van der Waals surface area contributed by atoms with Gasteiger partial charge in [-0.05, 0) is 206 Å². The van der Waals surface area contributed by atoms with Crippen molar-refractivity contribution in [2.24, 2.45) is 0 Å². The van der Waals surface area contributed by atoms with Crippen LogP contribution in [0.15, 0.2) is 85.7 Å². The normalized spacial score (nSPS) is 22.8. The number of ether oxygens (including phenoxy) is 1. The fraction of sp³-hybridized carbons (Fsp3) is 0.479. The number of nitrogens with zero attached hydrogens (tertiary/aromatic N) is 12. The number of piperidine rings is 2. The molecule has 20 heteroatoms. The number of esters is 1. The number of aliphatic hydroxyl groups excluding tert-OH is 1. The number of carbonyl (C=O) groups is 3. The van der Waals surface area contributed by atoms with Gasteiger partial charge in [-0.15, -0.1) is 0 Å². The molecule has 14 rings (SSSR count). The molecule has 20 nitrogen and oxygen atoms in total. The third kappa shape index (κ3) is 10.6. The lowest BCUT2D eigenvalue weighted by atomic mass is 9.82. The molecule has 4 fully saturated rings. The fourth-order valence-corrected chi connectivity index (χ4v) is 15.1. The average Bonchev–Trinajstić information content (AvgIpc) is 1.59. The fourth-order valence-electron chi connectivity index (χ4n) is 15.1. The number of likely N-dealkylation sites (tertiary alicyclic amines) is 2. The molecule has 2 aromatic carbocycles. The number of pyridine rings is 4. The number of rotatable bonds is 17. The number of imidazole rings is 2. The zero-order valence-electron chi connectivity index (χ0n) is 54.2. The second-order valence-corrected chi connectivity index (χ2v) is 27.8. The summed E-state index contributed by atoms with van der Waals surface area (Å²) in [5.41, 5.74) is 10.2. The first-order valence-corrected chi connectivity index (χ1v) is 33.0. The van der Waals surface area contributed by atoms with Crippen LogP contribution < -0.4 is 25.8 Å². The summed E-state index contributed by atoms with van der Waals surface area (Å²) < 4.78 is 10.5. The lowest BCUT2D eigenvalue weighted by molar-refractivity contribution is -0.125. The van der Waals surface area contributed by atoms with E-state index >= 15 is 4.79 Å². The number of aromatic nitrogens is 8. The van der Waals surface area contributed by atoms with Gasteiger partial charge < -0.3 is 49.2 Å². The molecule has 2 saturated heterocycles. The Bertz CT molecular complexity index is 4170. The molecule has 4 aliphatic heterocycles. The van der Waals surface area contributed by atoms with Crippen molar-refractivity contribution in [2.75, 3.05) is 60.3 Å². The quantitative estimate of drug-likeness (QED) is 0.0492. The average molecular weight is 1230 g/mol. The molecule has 10 heterocycles. The lowest BCUT2D eigenvalue weighted by Crippen LogP contribution is -2.57. The Labute approximate surface area is 532 Å². The van der Waals surface area contributed by atoms with Crippen LogP contribution in [-0.4, -0.2) is 136 Å². The number of aryl methyl sites for hydroxylation is 2. The van der Waals surface area contributed by atoms with Crippen LogP contribution in [0.4, 0.5) is 34.6 Å². The van der Waals surface area contributed by atoms with Gasteiger partial charge in [-0.3, -0.25) is 14.9 Å². The van der Waals surface area contributed by atoms with Crippen molar-refractivity contribution >= 4 is 74.5 Å². The van der Waals surface area contributed by atoms with E-state index in [-0.39, 0.29) is 42.6 Å². The third-order valence-electron chi connectivity index (χ3n) is 20.8. The van der Waals surface area contributed by atoms with Crippen molar-refractivity contribution in [2.45, 2.75) is 180 Å². The van der Waals surface area contributed by atoms with Gasteiger partial charge in [0.25, 0.3) is 0 Å². The molecule has 0 bridgehead atoms. The molecule has 2 aliphatic carbocycles. The molecule has 91 heavy (non-hydrogen) atoms. The van der Waals surface area contributed by atoms with E-state index in [0.717, 1.165) is 113 Å². The molecule has 4 N–H and O–H groups in total. The molecule has 6 aromatic heterocycles. The van der Waals surface area contributed by atoms with E-state index in [4.69, 9.17) is 29.7 Å². The summed E-state index contributed by atoms with van der Waals surface area (Å²) in [6, 6.07) is 21.0. The monoisotopic (exact) mass is 1230 g/mol. The summed E-state index contributed by atoms with van der Waals surface area (Å²) in [5.74, 6) is 1.42. The van der Waals surface area contributed by atoms with Crippen LogP contribution in [0.3, 0.4) is 0 Å². The maximum Gasteiger partial charge on any atom is 0.338 e. The zero-order chi connectivity index (χ0) is 63.4. The number of fused-ring (bicyclic) bond motifs is 4. The van der Waals surface area contributed by atoms with Gasteiger partial charge in [0.05, 0.1) is 46.1 Å². The predicted molar refractivity (Wildman–Crippen MR) is 355 cm³/mol. The number of nitrogens with one attached hydrogen (secondary N) is 3. The van der Waals surface area contributed by atoms with Crippen molar-refractivity contribution in [3.63, 3.8) is 0 Å². The standard InChI is InChI=1S/C71H85N15O5/c1-40(2)83-38-76-57-34-55(78-64(62(57)83)79-60-31-50(66(87)72-10)42(5)35-73-60)45-18-20-53-59(26-45)86(49-29-47(30-49)82-23-15-12-16-24-82)69(90)71(53,9)37-91-67(88)51-32-61(74-36-43(51)6)80-65-63-56(75-39-84(63)41(3)4)33-54(77-65)44-17-19-52-58(25-44)85(68(89)70(52,7)8)48-27-46(28-48)81-21-13-11-14-22-81/h17-20,25-26,31-36,38-41,46-49,66,72,87H,11-16,21-24,27-30,37H2,1-10H3,(H,73,78,79)(H,74,77,80)/t46-,47-,48+,49+,66?,71?. The van der Waals surface area contributed by atoms with Crippen LogP contribution >= 0.6 is 0 Å². The van der Waals surface area contributed by atoms with Crippen molar-refractivity contribution in [1.82, 2.24) is 54.2 Å². The van der Waals surface area contributed by atoms with Gasteiger partial charge in [-0.25, -0.2) is 34.7 Å². The predicted octanol–water partition coefficient (Wildman–Crippen LogP) is 11.9. The molecule has 0 radical (unpaired) electrons. The second-order valence-electron chi connectivity index (χ2n) is 27.8. The topological polar surface area (TPSA) is 217 Å². The Morgan fingerprint density at radius 2 is 1.10 bits per heavy atom. The van der Waals surface area contributed by atoms with Gasteiger partial charge >= 0.3 is 5.97 Å². The largest absolute Gasteiger partial charge is 0.461 e. The highest BCUT2D eigenvalue weighted by Gasteiger charge is 2.54. The lowest BCUT2D eigenvalue weighted by Gasteiger charge is -2.48. The Morgan fingerprint density at radius 3 is 1.62 bits per heavy atom. The van der Waals surface area contributed by atoms with E-state index in [1.807, 2.05) is 82.5 Å². The summed E-state index contributed by atoms with van der Waals surface area (Å²) >= 11 is 0. The molecule has 0 spiro atoms. The molecule has 2 saturated carbocycles. The van der Waals surface area contributed by atoms with E-state index in [1.165, 1.54) is 38.5 Å². The number of hydrogen-bond donors (Lipinski definition) is 4. The van der Waals surface area contributed by atoms with Crippen LogP contribution in [0.5, 0.6) is 0 Å². The Morgan fingerprint density at radius 1 is 0.615 bits per heavy atom. The van der Waals surface area contributed by atoms with Crippen molar-refractivity contribution < 1.29 is 24.2 Å². The molecule has 2 amide bonds. The third-order valence-corrected chi connectivity index (χ3v) is 20.8. The van der Waals surface area contributed by atoms with E-state index in [0.29, 0.717) is 63.4 Å². The zero-order valence-corrected chi connectivity index (χ0v) is 54.2. The van der Waals surface area contributed by atoms with Crippen molar-refractivity contribution in [3.8, 4) is 22.5 Å². The van der Waals surface area contributed by atoms with E-state index in [2.05, 4.69) is 96.7 Å². The molecule has 6 aliphatic rings. The molecule has 2 unspecified atom stereocenters. The highest BCUT2D eigenvalue weighted by molar-refractivity contribution is 6.10. The maximum absolute atomic E-state index is 15.5. The minimum absolute atomic E-state index is 0.0461. The van der Waals surface area contributed by atoms with Crippen LogP contribution in [0.1, 0.15) is 169 Å². The molecule has 2 atom stereocenters. The first kappa shape index (κ1) is 60.4. The first-order chi connectivity index (χ1) is 43.8. The number of hydrogen-bond acceptors (Lipinski definition) is 16. The first-order valence-electron chi connectivity index (χ1n) is 33.0. The number of carbonyl (C=O) groups excluding carboxylic acids is 3. The van der Waals surface area contributed by atoms with Gasteiger partial charge in [-0.2, -0.15) is 0 Å². The van der Waals surface area contributed by atoms with Gasteiger partial charge in [-0.1, -0.05) is 37.1 Å². The summed E-state index contributed by atoms with van der Waals surface area (Å²) in [4.78, 5) is 83.6. The van der Waals surface area contributed by atoms with Crippen LogP contribution in [0.25, 0.3) is 44.6 Å². The highest BCUT2D eigenvalue weighted by Crippen LogP contribution is 2.51. The summed E-state index contributed by atoms with van der Waals surface area (Å²) in [6.07, 6.45) is 17.2. The van der Waals surface area contributed by atoms with Crippen LogP contribution in [0.2, 0.25) is 0 Å². The van der Waals surface area contributed by atoms with Gasteiger partial charge in [0, 0.05) is 76.7 Å². The van der Waals surface area contributed by atoms with Gasteiger partial charge in [0.2, 0.25) is 11.8 Å². The number of amides is 2. The van der Waals surface area contributed by atoms with Crippen LogP contribution in [0, 0.1) is 13.8 Å². The SMILES string of the molecule is CNC(O)c1cc(Nc2nc(-c3ccc4c(c3)N([C@H]3C[C@@H](N5CCCCC5)C3)C(=O)C4(C)COC(=O)c3cc(Nc4nc(-c5ccc6c(c5)N([C@H]5C[C@@H](N7CCCCC7)C5)C(=O)C6(C)C)cc5ncn(C(C)C)c45)ncc3C)cc3ncn(C(C)C)c23)ncc1C. The number of benzene rings is 2. The maximum atomic E-state index is 15.5. The summed E-state index contributed by atoms with van der Waals surface area (Å²) in [5, 5.41) is 20.7. The minimum atomic E-state index is -1.22. The second kappa shape index (κ2) is 23.5. The Kier molecular flexibility index (Phi) is 15.6. The summed E-state index contributed by atoms with van der Waals surface area (Å²) in [7, 11) is 1.71. The molecular weight excluding hydrogens is 1140 g/mol. The Balaban J connectivity index is 0.756. The van der Waals surface area contributed by atoms with Gasteiger partial charge in [0.15, 0.2) is 11.6 Å². The van der Waals surface area contributed by atoms with E-state index in [1.54, 1.807) is 25.5 Å². The van der Waals surface area contributed by atoms with Crippen LogP contribution in [-0.2, 0) is 25.2 Å². The number of anilines is 6. The minimum Gasteiger partial charge on any atom is -0.461 e. The number of aliphatic hydroxyl groups is 1. The van der Waals surface area contributed by atoms with E-state index < -0.39 is 23.0 Å². The highest BCUT2D eigenvalue weighted by atomic mass is 16.5. The van der Waals surface area contributed by atoms with Gasteiger partial charge in [0.1, 0.15) is 40.9 Å². The van der Waals surface area contributed by atoms with Crippen molar-refractivity contribution in [3.05, 3.63) is 119 Å². The Hall–Kier alpha value is -8.17. The molecule has 8 aromatic rings. The smallest absolute Gasteiger partial charge is 0.338 e. The van der Waals surface area contributed by atoms with E-state index in [9.17, 15) is 14.7 Å². The molecule has 474 valence electrons. The van der Waals surface area contributed by atoms with Crippen molar-refractivity contribution in [1.29, 1.82) is 0 Å².